The Kier molecular flexibility index (Phi) is 3.01. The zero-order chi connectivity index (χ0) is 8.97. The van der Waals surface area contributed by atoms with Gasteiger partial charge in [0.05, 0.1) is 7.11 Å². The van der Waals surface area contributed by atoms with Crippen LogP contribution in [-0.2, 0) is 0 Å². The van der Waals surface area contributed by atoms with E-state index in [0.717, 1.165) is 0 Å². The van der Waals surface area contributed by atoms with Crippen molar-refractivity contribution in [1.29, 1.82) is 0 Å². The first-order valence-corrected chi connectivity index (χ1v) is 3.48. The van der Waals surface area contributed by atoms with Crippen LogP contribution in [0.2, 0.25) is 0 Å². The van der Waals surface area contributed by atoms with Crippen LogP contribution in [-0.4, -0.2) is 35.9 Å². The smallest absolute Gasteiger partial charge is 0.417 e. The molecule has 1 atom stereocenters. The highest BCUT2D eigenvalue weighted by Gasteiger charge is 2.14. The minimum atomic E-state index is -0.761. The first kappa shape index (κ1) is 8.95. The second kappa shape index (κ2) is 4.03. The molecular formula is C6H11N3O3. The van der Waals surface area contributed by atoms with Crippen molar-refractivity contribution in [3.05, 3.63) is 5.82 Å². The van der Waals surface area contributed by atoms with Crippen molar-refractivity contribution in [2.24, 2.45) is 0 Å². The maximum absolute atomic E-state index is 9.33. The largest absolute Gasteiger partial charge is 0.452 e. The number of methoxy groups -OCH3 is 1. The summed E-state index contributed by atoms with van der Waals surface area (Å²) in [7, 11) is 3.14. The molecule has 0 bridgehead atoms. The van der Waals surface area contributed by atoms with E-state index in [4.69, 9.17) is 0 Å². The lowest BCUT2D eigenvalue weighted by Gasteiger charge is -2.02. The molecular weight excluding hydrogens is 162 g/mol. The van der Waals surface area contributed by atoms with Crippen LogP contribution in [0, 0.1) is 0 Å². The van der Waals surface area contributed by atoms with Crippen LogP contribution in [0.3, 0.4) is 0 Å². The molecule has 6 heteroatoms. The van der Waals surface area contributed by atoms with E-state index in [9.17, 15) is 5.11 Å². The quantitative estimate of drug-likeness (QED) is 0.628. The molecule has 6 nitrogen and oxygen atoms in total. The zero-order valence-electron chi connectivity index (χ0n) is 6.94. The number of nitrogens with zero attached hydrogens (tertiary/aromatic N) is 2. The molecule has 2 N–H and O–H groups in total. The van der Waals surface area contributed by atoms with Crippen molar-refractivity contribution in [3.8, 4) is 6.08 Å². The number of nitrogens with one attached hydrogen (secondary N) is 1. The third-order valence-corrected chi connectivity index (χ3v) is 1.29. The number of rotatable bonds is 4. The van der Waals surface area contributed by atoms with Gasteiger partial charge in [0.15, 0.2) is 0 Å². The number of aromatic nitrogens is 2. The van der Waals surface area contributed by atoms with E-state index >= 15 is 0 Å². The average Bonchev–Trinajstić information content (AvgIpc) is 2.52. The molecule has 68 valence electrons. The molecule has 1 unspecified atom stereocenters. The molecule has 0 fully saturated rings. The fourth-order valence-corrected chi connectivity index (χ4v) is 0.723. The zero-order valence-corrected chi connectivity index (χ0v) is 6.94. The molecule has 0 radical (unpaired) electrons. The van der Waals surface area contributed by atoms with Crippen molar-refractivity contribution >= 4 is 0 Å². The van der Waals surface area contributed by atoms with E-state index in [1.807, 2.05) is 0 Å². The Morgan fingerprint density at radius 1 is 1.75 bits per heavy atom. The third kappa shape index (κ3) is 1.93. The Morgan fingerprint density at radius 3 is 3.00 bits per heavy atom. The maximum atomic E-state index is 9.33. The highest BCUT2D eigenvalue weighted by atomic mass is 16.6. The standard InChI is InChI=1S/C6H11N3O3/c1-7-3-4(10)5-8-6(11-2)12-9-5/h4,7,10H,3H2,1-2H3. The number of ether oxygens (including phenoxy) is 1. The molecule has 1 aromatic heterocycles. The van der Waals surface area contributed by atoms with Crippen molar-refractivity contribution in [3.63, 3.8) is 0 Å². The van der Waals surface area contributed by atoms with E-state index in [0.29, 0.717) is 6.54 Å². The summed E-state index contributed by atoms with van der Waals surface area (Å²) in [6, 6.07) is 0. The highest BCUT2D eigenvalue weighted by Crippen LogP contribution is 2.11. The fourth-order valence-electron chi connectivity index (χ4n) is 0.723. The van der Waals surface area contributed by atoms with Crippen LogP contribution in [0.1, 0.15) is 11.9 Å². The van der Waals surface area contributed by atoms with Gasteiger partial charge in [-0.25, -0.2) is 0 Å². The Balaban J connectivity index is 2.61. The topological polar surface area (TPSA) is 80.4 Å². The fraction of sp³-hybridized carbons (Fsp3) is 0.667. The van der Waals surface area contributed by atoms with Crippen LogP contribution in [0.25, 0.3) is 0 Å². The number of hydrogen-bond donors (Lipinski definition) is 2. The summed E-state index contributed by atoms with van der Waals surface area (Å²) in [4.78, 5) is 3.76. The van der Waals surface area contributed by atoms with Gasteiger partial charge in [-0.1, -0.05) is 5.16 Å². The van der Waals surface area contributed by atoms with Gasteiger partial charge in [0.2, 0.25) is 5.82 Å². The highest BCUT2D eigenvalue weighted by molar-refractivity contribution is 4.93. The van der Waals surface area contributed by atoms with Gasteiger partial charge in [-0.15, -0.1) is 0 Å². The molecule has 0 amide bonds. The first-order chi connectivity index (χ1) is 5.77. The van der Waals surface area contributed by atoms with E-state index in [-0.39, 0.29) is 11.9 Å². The monoisotopic (exact) mass is 173 g/mol. The van der Waals surface area contributed by atoms with E-state index in [1.165, 1.54) is 7.11 Å². The van der Waals surface area contributed by atoms with Gasteiger partial charge in [0.25, 0.3) is 0 Å². The van der Waals surface area contributed by atoms with Gasteiger partial charge in [0, 0.05) is 6.54 Å². The first-order valence-electron chi connectivity index (χ1n) is 3.48. The van der Waals surface area contributed by atoms with Crippen molar-refractivity contribution in [2.45, 2.75) is 6.10 Å². The average molecular weight is 173 g/mol. The Morgan fingerprint density at radius 2 is 2.50 bits per heavy atom. The molecule has 1 heterocycles. The molecule has 0 aliphatic heterocycles. The lowest BCUT2D eigenvalue weighted by atomic mass is 10.3. The predicted molar refractivity (Wildman–Crippen MR) is 39.7 cm³/mol. The summed E-state index contributed by atoms with van der Waals surface area (Å²) in [6.45, 7) is 0.378. The van der Waals surface area contributed by atoms with Gasteiger partial charge in [-0.3, -0.25) is 4.52 Å². The molecule has 0 saturated carbocycles. The molecule has 0 aliphatic carbocycles. The Bertz CT molecular complexity index is 238. The summed E-state index contributed by atoms with van der Waals surface area (Å²) in [6.07, 6.45) is -0.706. The van der Waals surface area contributed by atoms with Crippen molar-refractivity contribution in [2.75, 3.05) is 20.7 Å². The lowest BCUT2D eigenvalue weighted by Crippen LogP contribution is -2.17. The normalized spacial score (nSPS) is 12.9. The van der Waals surface area contributed by atoms with Crippen LogP contribution >= 0.6 is 0 Å². The molecule has 0 aromatic carbocycles. The second-order valence-electron chi connectivity index (χ2n) is 2.20. The number of hydrogen-bond acceptors (Lipinski definition) is 6. The SMILES string of the molecule is CNCC(O)c1noc(OC)n1. The summed E-state index contributed by atoms with van der Waals surface area (Å²) in [5, 5.41) is 15.6. The lowest BCUT2D eigenvalue weighted by molar-refractivity contribution is 0.163. The Labute approximate surface area is 69.5 Å². The van der Waals surface area contributed by atoms with Crippen LogP contribution < -0.4 is 10.1 Å². The van der Waals surface area contributed by atoms with Crippen LogP contribution in [0.4, 0.5) is 0 Å². The predicted octanol–water partition coefficient (Wildman–Crippen LogP) is -0.669. The van der Waals surface area contributed by atoms with E-state index < -0.39 is 6.10 Å². The molecule has 0 saturated heterocycles. The second-order valence-corrected chi connectivity index (χ2v) is 2.20. The molecule has 1 aromatic rings. The molecule has 0 spiro atoms. The molecule has 0 aliphatic rings. The van der Waals surface area contributed by atoms with Crippen LogP contribution in [0.15, 0.2) is 4.52 Å². The van der Waals surface area contributed by atoms with Gasteiger partial charge in [0.1, 0.15) is 6.10 Å². The van der Waals surface area contributed by atoms with Gasteiger partial charge in [-0.2, -0.15) is 4.98 Å². The van der Waals surface area contributed by atoms with Gasteiger partial charge < -0.3 is 15.2 Å². The number of aliphatic hydroxyl groups excluding tert-OH is 1. The number of aliphatic hydroxyl groups is 1. The van der Waals surface area contributed by atoms with E-state index in [2.05, 4.69) is 24.7 Å². The summed E-state index contributed by atoms with van der Waals surface area (Å²) >= 11 is 0. The minimum absolute atomic E-state index is 0.0557. The van der Waals surface area contributed by atoms with Crippen LogP contribution in [0.5, 0.6) is 6.08 Å². The number of likely N-dealkylation sites (N-methyl/N-ethyl adjacent to an activating group) is 1. The van der Waals surface area contributed by atoms with Crippen molar-refractivity contribution < 1.29 is 14.4 Å². The maximum Gasteiger partial charge on any atom is 0.417 e. The van der Waals surface area contributed by atoms with E-state index in [1.54, 1.807) is 7.05 Å². The third-order valence-electron chi connectivity index (χ3n) is 1.29. The molecule has 12 heavy (non-hydrogen) atoms. The van der Waals surface area contributed by atoms with Gasteiger partial charge in [-0.05, 0) is 7.05 Å². The summed E-state index contributed by atoms with van der Waals surface area (Å²) in [5.74, 6) is 0.223. The van der Waals surface area contributed by atoms with Crippen molar-refractivity contribution in [1.82, 2.24) is 15.5 Å². The minimum Gasteiger partial charge on any atom is -0.452 e. The Hall–Kier alpha value is -1.14. The summed E-state index contributed by atoms with van der Waals surface area (Å²) in [5.41, 5.74) is 0. The summed E-state index contributed by atoms with van der Waals surface area (Å²) < 4.78 is 9.26. The van der Waals surface area contributed by atoms with Gasteiger partial charge >= 0.3 is 6.08 Å². The molecule has 1 rings (SSSR count).